The zero-order chi connectivity index (χ0) is 20.9. The van der Waals surface area contributed by atoms with Crippen LogP contribution < -0.4 is 5.32 Å². The highest BCUT2D eigenvalue weighted by molar-refractivity contribution is 6.31. The second kappa shape index (κ2) is 8.73. The summed E-state index contributed by atoms with van der Waals surface area (Å²) < 4.78 is 7.28. The second-order valence-corrected chi connectivity index (χ2v) is 7.16. The van der Waals surface area contributed by atoms with Gasteiger partial charge >= 0.3 is 0 Å². The maximum absolute atomic E-state index is 12.5. The van der Waals surface area contributed by atoms with E-state index in [0.29, 0.717) is 17.3 Å². The molecule has 0 bridgehead atoms. The third-order valence-corrected chi connectivity index (χ3v) is 5.15. The summed E-state index contributed by atoms with van der Waals surface area (Å²) in [4.78, 5) is 12.5. The predicted octanol–water partition coefficient (Wildman–Crippen LogP) is 5.16. The van der Waals surface area contributed by atoms with E-state index in [0.717, 1.165) is 22.0 Å². The monoisotopic (exact) mass is 415 g/mol. The summed E-state index contributed by atoms with van der Waals surface area (Å²) >= 11 is 6.33. The first-order valence-electron chi connectivity index (χ1n) is 9.39. The van der Waals surface area contributed by atoms with E-state index < -0.39 is 5.91 Å². The number of halogens is 1. The molecule has 2 aromatic heterocycles. The lowest BCUT2D eigenvalue weighted by atomic mass is 10.1. The molecule has 0 fully saturated rings. The molecule has 0 atom stereocenters. The van der Waals surface area contributed by atoms with Crippen LogP contribution in [0, 0.1) is 11.3 Å². The lowest BCUT2D eigenvalue weighted by molar-refractivity contribution is -0.117. The number of furan rings is 1. The van der Waals surface area contributed by atoms with Gasteiger partial charge in [-0.3, -0.25) is 4.79 Å². The lowest BCUT2D eigenvalue weighted by Gasteiger charge is -2.07. The van der Waals surface area contributed by atoms with Crippen LogP contribution in [0.25, 0.3) is 17.0 Å². The Labute approximate surface area is 178 Å². The molecule has 5 nitrogen and oxygen atoms in total. The summed E-state index contributed by atoms with van der Waals surface area (Å²) in [6.07, 6.45) is 5.09. The van der Waals surface area contributed by atoms with Crippen molar-refractivity contribution >= 4 is 34.5 Å². The average Bonchev–Trinajstić information content (AvgIpc) is 3.40. The molecule has 6 heteroatoms. The van der Waals surface area contributed by atoms with E-state index in [-0.39, 0.29) is 12.1 Å². The van der Waals surface area contributed by atoms with E-state index in [1.807, 2.05) is 60.8 Å². The van der Waals surface area contributed by atoms with Crippen LogP contribution in [-0.4, -0.2) is 10.5 Å². The van der Waals surface area contributed by atoms with Crippen molar-refractivity contribution in [2.45, 2.75) is 13.1 Å². The van der Waals surface area contributed by atoms with Gasteiger partial charge in [-0.1, -0.05) is 48.0 Å². The molecular formula is C24H18ClN3O2. The minimum absolute atomic E-state index is 0.0298. The van der Waals surface area contributed by atoms with Crippen molar-refractivity contribution in [1.82, 2.24) is 9.88 Å². The van der Waals surface area contributed by atoms with Gasteiger partial charge in [-0.05, 0) is 35.9 Å². The molecule has 30 heavy (non-hydrogen) atoms. The van der Waals surface area contributed by atoms with E-state index in [2.05, 4.69) is 9.88 Å². The molecule has 4 aromatic rings. The molecule has 0 aliphatic heterocycles. The number of amides is 1. The quantitative estimate of drug-likeness (QED) is 0.349. The smallest absolute Gasteiger partial charge is 0.262 e. The molecule has 0 spiro atoms. The Balaban J connectivity index is 1.65. The number of nitrogens with zero attached hydrogens (tertiary/aromatic N) is 2. The number of nitriles is 1. The largest absolute Gasteiger partial charge is 0.467 e. The van der Waals surface area contributed by atoms with E-state index in [1.54, 1.807) is 18.2 Å². The Hall–Kier alpha value is -3.75. The van der Waals surface area contributed by atoms with Crippen molar-refractivity contribution in [3.05, 3.63) is 101 Å². The van der Waals surface area contributed by atoms with E-state index in [4.69, 9.17) is 16.0 Å². The Morgan fingerprint density at radius 3 is 2.70 bits per heavy atom. The van der Waals surface area contributed by atoms with Gasteiger partial charge in [0.2, 0.25) is 0 Å². The van der Waals surface area contributed by atoms with Gasteiger partial charge in [0, 0.05) is 34.2 Å². The van der Waals surface area contributed by atoms with Crippen molar-refractivity contribution in [2.75, 3.05) is 0 Å². The number of nitrogens with one attached hydrogen (secondary N) is 1. The van der Waals surface area contributed by atoms with E-state index >= 15 is 0 Å². The van der Waals surface area contributed by atoms with Gasteiger partial charge in [-0.15, -0.1) is 0 Å². The molecule has 0 unspecified atom stereocenters. The molecule has 0 aliphatic rings. The van der Waals surface area contributed by atoms with Crippen LogP contribution in [0.2, 0.25) is 5.02 Å². The highest BCUT2D eigenvalue weighted by atomic mass is 35.5. The van der Waals surface area contributed by atoms with Crippen LogP contribution in [0.4, 0.5) is 0 Å². The van der Waals surface area contributed by atoms with E-state index in [1.165, 1.54) is 6.26 Å². The molecular weight excluding hydrogens is 398 g/mol. The van der Waals surface area contributed by atoms with Gasteiger partial charge in [0.25, 0.3) is 5.91 Å². The molecule has 0 radical (unpaired) electrons. The van der Waals surface area contributed by atoms with Gasteiger partial charge in [0.05, 0.1) is 12.8 Å². The SMILES string of the molecule is N#CC(=Cc1cn(Cc2ccccc2Cl)c2ccccc12)C(=O)NCc1ccco1. The molecule has 1 N–H and O–H groups in total. The molecule has 148 valence electrons. The average molecular weight is 416 g/mol. The third kappa shape index (κ3) is 4.14. The van der Waals surface area contributed by atoms with Crippen molar-refractivity contribution in [3.8, 4) is 6.07 Å². The number of para-hydroxylation sites is 1. The summed E-state index contributed by atoms with van der Waals surface area (Å²) in [5, 5.41) is 13.9. The Kier molecular flexibility index (Phi) is 5.69. The molecule has 0 saturated carbocycles. The summed E-state index contributed by atoms with van der Waals surface area (Å²) in [6, 6.07) is 21.1. The van der Waals surface area contributed by atoms with Crippen molar-refractivity contribution in [1.29, 1.82) is 5.26 Å². The number of hydrogen-bond acceptors (Lipinski definition) is 3. The minimum Gasteiger partial charge on any atom is -0.467 e. The number of hydrogen-bond donors (Lipinski definition) is 1. The molecule has 2 heterocycles. The fourth-order valence-electron chi connectivity index (χ4n) is 3.31. The van der Waals surface area contributed by atoms with Crippen LogP contribution in [-0.2, 0) is 17.9 Å². The maximum atomic E-state index is 12.5. The van der Waals surface area contributed by atoms with Crippen LogP contribution in [0.15, 0.2) is 83.1 Å². The molecule has 1 amide bonds. The van der Waals surface area contributed by atoms with Gasteiger partial charge < -0.3 is 14.3 Å². The normalized spacial score (nSPS) is 11.4. The zero-order valence-electron chi connectivity index (χ0n) is 16.0. The highest BCUT2D eigenvalue weighted by Crippen LogP contribution is 2.26. The first-order valence-corrected chi connectivity index (χ1v) is 9.77. The minimum atomic E-state index is -0.447. The van der Waals surface area contributed by atoms with Crippen LogP contribution in [0.5, 0.6) is 0 Å². The van der Waals surface area contributed by atoms with E-state index in [9.17, 15) is 10.1 Å². The first-order chi connectivity index (χ1) is 14.7. The highest BCUT2D eigenvalue weighted by Gasteiger charge is 2.13. The second-order valence-electron chi connectivity index (χ2n) is 6.75. The topological polar surface area (TPSA) is 71.0 Å². The lowest BCUT2D eigenvalue weighted by Crippen LogP contribution is -2.23. The Morgan fingerprint density at radius 1 is 1.13 bits per heavy atom. The predicted molar refractivity (Wildman–Crippen MR) is 117 cm³/mol. The van der Waals surface area contributed by atoms with Crippen LogP contribution >= 0.6 is 11.6 Å². The summed E-state index contributed by atoms with van der Waals surface area (Å²) in [7, 11) is 0. The fourth-order valence-corrected chi connectivity index (χ4v) is 3.51. The van der Waals surface area contributed by atoms with Gasteiger partial charge in [-0.2, -0.15) is 5.26 Å². The Morgan fingerprint density at radius 2 is 1.93 bits per heavy atom. The van der Waals surface area contributed by atoms with Crippen LogP contribution in [0.1, 0.15) is 16.9 Å². The number of fused-ring (bicyclic) bond motifs is 1. The number of carbonyl (C=O) groups excluding carboxylic acids is 1. The number of carbonyl (C=O) groups is 1. The summed E-state index contributed by atoms with van der Waals surface area (Å²) in [5.74, 6) is 0.175. The molecule has 0 aliphatic carbocycles. The van der Waals surface area contributed by atoms with Gasteiger partial charge in [0.15, 0.2) is 0 Å². The Bertz CT molecular complexity index is 1260. The molecule has 0 saturated heterocycles. The summed E-state index contributed by atoms with van der Waals surface area (Å²) in [6.45, 7) is 0.805. The number of rotatable bonds is 6. The third-order valence-electron chi connectivity index (χ3n) is 4.79. The number of aromatic nitrogens is 1. The molecule has 2 aromatic carbocycles. The zero-order valence-corrected chi connectivity index (χ0v) is 16.8. The maximum Gasteiger partial charge on any atom is 0.262 e. The van der Waals surface area contributed by atoms with Crippen LogP contribution in [0.3, 0.4) is 0 Å². The van der Waals surface area contributed by atoms with Gasteiger partial charge in [-0.25, -0.2) is 0 Å². The van der Waals surface area contributed by atoms with Crippen molar-refractivity contribution in [3.63, 3.8) is 0 Å². The summed E-state index contributed by atoms with van der Waals surface area (Å²) in [5.41, 5.74) is 2.81. The first kappa shape index (κ1) is 19.6. The standard InChI is InChI=1S/C24H18ClN3O2/c25-22-9-3-1-6-17(22)15-28-16-19(21-8-2-4-10-23(21)28)12-18(13-26)24(29)27-14-20-7-5-11-30-20/h1-12,16H,14-15H2,(H,27,29). The molecule has 4 rings (SSSR count). The van der Waals surface area contributed by atoms with Crippen molar-refractivity contribution < 1.29 is 9.21 Å². The van der Waals surface area contributed by atoms with Crippen molar-refractivity contribution in [2.24, 2.45) is 0 Å². The van der Waals surface area contributed by atoms with Gasteiger partial charge in [0.1, 0.15) is 17.4 Å². The number of benzene rings is 2. The fraction of sp³-hybridized carbons (Fsp3) is 0.0833.